The lowest BCUT2D eigenvalue weighted by Crippen LogP contribution is -1.94. The smallest absolute Gasteiger partial charge is 0.154 e. The van der Waals surface area contributed by atoms with E-state index in [0.29, 0.717) is 10.9 Å². The standard InChI is InChI=1S/C14H14FS/c1-16(2)14-9-5-12(6-10-14)11-3-7-13(15)8-4-11/h3-10H,1-2H3/q+1. The molecule has 0 N–H and O–H groups in total. The van der Waals surface area contributed by atoms with Crippen molar-refractivity contribution in [3.05, 3.63) is 54.3 Å². The van der Waals surface area contributed by atoms with Gasteiger partial charge in [0, 0.05) is 10.9 Å². The van der Waals surface area contributed by atoms with Crippen LogP contribution in [0.3, 0.4) is 0 Å². The van der Waals surface area contributed by atoms with Gasteiger partial charge in [0.05, 0.1) is 0 Å². The van der Waals surface area contributed by atoms with Crippen LogP contribution < -0.4 is 0 Å². The molecule has 0 aromatic heterocycles. The van der Waals surface area contributed by atoms with Crippen molar-refractivity contribution in [2.45, 2.75) is 4.90 Å². The highest BCUT2D eigenvalue weighted by Crippen LogP contribution is 2.21. The molecule has 0 radical (unpaired) electrons. The van der Waals surface area contributed by atoms with E-state index >= 15 is 0 Å². The monoisotopic (exact) mass is 233 g/mol. The summed E-state index contributed by atoms with van der Waals surface area (Å²) in [5.41, 5.74) is 2.19. The van der Waals surface area contributed by atoms with Crippen LogP contribution in [-0.4, -0.2) is 12.5 Å². The zero-order chi connectivity index (χ0) is 11.5. The molecule has 0 amide bonds. The third kappa shape index (κ3) is 2.45. The van der Waals surface area contributed by atoms with E-state index in [4.69, 9.17) is 0 Å². The molecule has 2 aromatic rings. The highest BCUT2D eigenvalue weighted by atomic mass is 32.2. The summed E-state index contributed by atoms with van der Waals surface area (Å²) >= 11 is 0. The minimum absolute atomic E-state index is 0.191. The average Bonchev–Trinajstić information content (AvgIpc) is 2.30. The van der Waals surface area contributed by atoms with Crippen LogP contribution in [0.15, 0.2) is 53.4 Å². The predicted molar refractivity (Wildman–Crippen MR) is 69.3 cm³/mol. The second-order valence-corrected chi connectivity index (χ2v) is 5.95. The summed E-state index contributed by atoms with van der Waals surface area (Å²) in [5, 5.41) is 0. The van der Waals surface area contributed by atoms with Crippen molar-refractivity contribution in [1.29, 1.82) is 0 Å². The van der Waals surface area contributed by atoms with Crippen molar-refractivity contribution in [1.82, 2.24) is 0 Å². The van der Waals surface area contributed by atoms with Gasteiger partial charge in [-0.3, -0.25) is 0 Å². The van der Waals surface area contributed by atoms with Crippen LogP contribution in [0.2, 0.25) is 0 Å². The Labute approximate surface area is 98.5 Å². The number of hydrogen-bond acceptors (Lipinski definition) is 0. The van der Waals surface area contributed by atoms with Gasteiger partial charge in [0.2, 0.25) is 0 Å². The van der Waals surface area contributed by atoms with Crippen molar-refractivity contribution < 1.29 is 4.39 Å². The molecule has 2 aromatic carbocycles. The Hall–Kier alpha value is -1.28. The Bertz CT molecular complexity index is 457. The van der Waals surface area contributed by atoms with Gasteiger partial charge in [0.1, 0.15) is 18.3 Å². The maximum absolute atomic E-state index is 12.8. The summed E-state index contributed by atoms with van der Waals surface area (Å²) in [4.78, 5) is 1.35. The van der Waals surface area contributed by atoms with E-state index in [1.54, 1.807) is 0 Å². The lowest BCUT2D eigenvalue weighted by atomic mass is 10.1. The van der Waals surface area contributed by atoms with E-state index in [-0.39, 0.29) is 5.82 Å². The molecule has 0 saturated carbocycles. The van der Waals surface area contributed by atoms with Gasteiger partial charge >= 0.3 is 0 Å². The highest BCUT2D eigenvalue weighted by molar-refractivity contribution is 7.95. The number of hydrogen-bond donors (Lipinski definition) is 0. The molecule has 0 spiro atoms. The van der Waals surface area contributed by atoms with E-state index < -0.39 is 0 Å². The normalized spacial score (nSPS) is 10.8. The van der Waals surface area contributed by atoms with Gasteiger partial charge in [-0.15, -0.1) is 0 Å². The average molecular weight is 233 g/mol. The molecule has 0 nitrogen and oxygen atoms in total. The first-order valence-corrected chi connectivity index (χ1v) is 7.14. The molecule has 0 heterocycles. The van der Waals surface area contributed by atoms with Gasteiger partial charge in [-0.2, -0.15) is 0 Å². The van der Waals surface area contributed by atoms with Crippen LogP contribution in [0.4, 0.5) is 4.39 Å². The lowest BCUT2D eigenvalue weighted by molar-refractivity contribution is 0.628. The Morgan fingerprint density at radius 2 is 1.19 bits per heavy atom. The molecule has 16 heavy (non-hydrogen) atoms. The number of rotatable bonds is 2. The molecule has 0 fully saturated rings. The molecule has 0 unspecified atom stereocenters. The Morgan fingerprint density at radius 1 is 0.750 bits per heavy atom. The molecule has 0 aliphatic carbocycles. The molecule has 0 bridgehead atoms. The SMILES string of the molecule is C[S+](C)c1ccc(-c2ccc(F)cc2)cc1. The van der Waals surface area contributed by atoms with Gasteiger partial charge in [-0.1, -0.05) is 12.1 Å². The van der Waals surface area contributed by atoms with Gasteiger partial charge in [-0.25, -0.2) is 4.39 Å². The molecular weight excluding hydrogens is 219 g/mol. The minimum atomic E-state index is -0.191. The van der Waals surface area contributed by atoms with E-state index in [0.717, 1.165) is 11.1 Å². The second kappa shape index (κ2) is 4.71. The maximum atomic E-state index is 12.8. The van der Waals surface area contributed by atoms with Crippen LogP contribution in [-0.2, 0) is 10.9 Å². The van der Waals surface area contributed by atoms with Crippen LogP contribution in [0.5, 0.6) is 0 Å². The van der Waals surface area contributed by atoms with Crippen LogP contribution in [0, 0.1) is 5.82 Å². The molecule has 82 valence electrons. The van der Waals surface area contributed by atoms with Gasteiger partial charge in [-0.05, 0) is 47.5 Å². The van der Waals surface area contributed by atoms with Gasteiger partial charge in [0.25, 0.3) is 0 Å². The predicted octanol–water partition coefficient (Wildman–Crippen LogP) is 3.73. The number of halogens is 1. The third-order valence-corrected chi connectivity index (χ3v) is 3.72. The third-order valence-electron chi connectivity index (χ3n) is 2.50. The Balaban J connectivity index is 2.31. The van der Waals surface area contributed by atoms with Gasteiger partial charge < -0.3 is 0 Å². The molecule has 0 saturated heterocycles. The van der Waals surface area contributed by atoms with E-state index in [2.05, 4.69) is 36.8 Å². The van der Waals surface area contributed by atoms with Crippen LogP contribution in [0.1, 0.15) is 0 Å². The lowest BCUT2D eigenvalue weighted by Gasteiger charge is -2.02. The molecule has 0 aliphatic rings. The summed E-state index contributed by atoms with van der Waals surface area (Å²) in [5.74, 6) is -0.191. The largest absolute Gasteiger partial charge is 0.207 e. The van der Waals surface area contributed by atoms with Crippen molar-refractivity contribution in [2.75, 3.05) is 12.5 Å². The quantitative estimate of drug-likeness (QED) is 0.693. The van der Waals surface area contributed by atoms with Crippen molar-refractivity contribution >= 4 is 10.9 Å². The minimum Gasteiger partial charge on any atom is -0.207 e. The van der Waals surface area contributed by atoms with E-state index in [1.165, 1.54) is 17.0 Å². The molecule has 0 atom stereocenters. The fourth-order valence-electron chi connectivity index (χ4n) is 1.56. The number of benzene rings is 2. The van der Waals surface area contributed by atoms with Crippen molar-refractivity contribution in [3.63, 3.8) is 0 Å². The zero-order valence-corrected chi connectivity index (χ0v) is 10.2. The summed E-state index contributed by atoms with van der Waals surface area (Å²) in [6, 6.07) is 15.1. The first kappa shape index (κ1) is 11.2. The summed E-state index contributed by atoms with van der Waals surface area (Å²) < 4.78 is 12.8. The summed E-state index contributed by atoms with van der Waals surface area (Å²) in [6.45, 7) is 0. The molecule has 2 heteroatoms. The fourth-order valence-corrected chi connectivity index (χ4v) is 2.24. The fraction of sp³-hybridized carbons (Fsp3) is 0.143. The van der Waals surface area contributed by atoms with E-state index in [1.807, 2.05) is 12.1 Å². The van der Waals surface area contributed by atoms with Gasteiger partial charge in [0.15, 0.2) is 4.90 Å². The first-order chi connectivity index (χ1) is 7.66. The summed E-state index contributed by atoms with van der Waals surface area (Å²) in [7, 11) is 0.293. The molecular formula is C14H14FS+. The Kier molecular flexibility index (Phi) is 3.30. The van der Waals surface area contributed by atoms with E-state index in [9.17, 15) is 4.39 Å². The van der Waals surface area contributed by atoms with Crippen LogP contribution in [0.25, 0.3) is 11.1 Å². The molecule has 2 rings (SSSR count). The maximum Gasteiger partial charge on any atom is 0.154 e. The molecule has 0 aliphatic heterocycles. The van der Waals surface area contributed by atoms with Crippen molar-refractivity contribution in [3.8, 4) is 11.1 Å². The topological polar surface area (TPSA) is 0 Å². The van der Waals surface area contributed by atoms with Crippen molar-refractivity contribution in [2.24, 2.45) is 0 Å². The second-order valence-electron chi connectivity index (χ2n) is 3.85. The first-order valence-electron chi connectivity index (χ1n) is 5.10. The summed E-state index contributed by atoms with van der Waals surface area (Å²) in [6.07, 6.45) is 4.40. The highest BCUT2D eigenvalue weighted by Gasteiger charge is 2.07. The van der Waals surface area contributed by atoms with Crippen LogP contribution >= 0.6 is 0 Å². The Morgan fingerprint density at radius 3 is 1.62 bits per heavy atom. The zero-order valence-electron chi connectivity index (χ0n) is 9.41.